The fraction of sp³-hybridized carbons (Fsp3) is 0.211. The first kappa shape index (κ1) is 15.0. The van der Waals surface area contributed by atoms with Crippen molar-refractivity contribution in [2.75, 3.05) is 14.1 Å². The lowest BCUT2D eigenvalue weighted by molar-refractivity contribution is 0.105. The van der Waals surface area contributed by atoms with Gasteiger partial charge in [-0.15, -0.1) is 0 Å². The van der Waals surface area contributed by atoms with Crippen LogP contribution in [-0.2, 0) is 0 Å². The van der Waals surface area contributed by atoms with Crippen molar-refractivity contribution in [2.24, 2.45) is 0 Å². The van der Waals surface area contributed by atoms with E-state index in [-0.39, 0.29) is 5.78 Å². The van der Waals surface area contributed by atoms with E-state index >= 15 is 0 Å². The molecule has 0 saturated heterocycles. The van der Waals surface area contributed by atoms with Gasteiger partial charge in [0.05, 0.1) is 0 Å². The molecule has 2 aromatic rings. The maximum atomic E-state index is 12.9. The molecule has 0 unspecified atom stereocenters. The van der Waals surface area contributed by atoms with Gasteiger partial charge in [0.2, 0.25) is 0 Å². The second-order valence-electron chi connectivity index (χ2n) is 5.52. The minimum Gasteiger partial charge on any atom is -0.383 e. The summed E-state index contributed by atoms with van der Waals surface area (Å²) in [7, 11) is 3.86. The molecule has 0 fully saturated rings. The topological polar surface area (TPSA) is 20.3 Å². The van der Waals surface area contributed by atoms with E-state index in [0.29, 0.717) is 5.57 Å². The number of hydrogen-bond acceptors (Lipinski definition) is 2. The van der Waals surface area contributed by atoms with E-state index in [2.05, 4.69) is 0 Å². The first-order valence-corrected chi connectivity index (χ1v) is 7.04. The molecule has 0 bridgehead atoms. The molecule has 0 heterocycles. The fourth-order valence-electron chi connectivity index (χ4n) is 2.35. The summed E-state index contributed by atoms with van der Waals surface area (Å²) in [5.74, 6) is 0.0624. The molecule has 0 aliphatic rings. The number of allylic oxidation sites excluding steroid dienone is 1. The van der Waals surface area contributed by atoms with Crippen LogP contribution in [0.3, 0.4) is 0 Å². The predicted octanol–water partition coefficient (Wildman–Crippen LogP) is 4.09. The van der Waals surface area contributed by atoms with Gasteiger partial charge in [0, 0.05) is 31.4 Å². The summed E-state index contributed by atoms with van der Waals surface area (Å²) in [5, 5.41) is 0. The van der Waals surface area contributed by atoms with Crippen LogP contribution in [0, 0.1) is 13.8 Å². The first-order valence-electron chi connectivity index (χ1n) is 7.04. The summed E-state index contributed by atoms with van der Waals surface area (Å²) in [6, 6.07) is 15.7. The largest absolute Gasteiger partial charge is 0.383 e. The maximum Gasteiger partial charge on any atom is 0.195 e. The molecule has 0 aliphatic carbocycles. The summed E-state index contributed by atoms with van der Waals surface area (Å²) in [6.07, 6.45) is 1.89. The van der Waals surface area contributed by atoms with Crippen LogP contribution >= 0.6 is 0 Å². The minimum absolute atomic E-state index is 0.0624. The van der Waals surface area contributed by atoms with E-state index in [0.717, 1.165) is 16.7 Å². The number of benzene rings is 2. The Kier molecular flexibility index (Phi) is 4.59. The van der Waals surface area contributed by atoms with Gasteiger partial charge in [0.15, 0.2) is 5.78 Å². The number of carbonyl (C=O) groups excluding carboxylic acids is 1. The Labute approximate surface area is 126 Å². The number of carbonyl (C=O) groups is 1. The molecule has 2 heteroatoms. The molecule has 0 spiro atoms. The summed E-state index contributed by atoms with van der Waals surface area (Å²) in [6.45, 7) is 4.02. The van der Waals surface area contributed by atoms with Crippen LogP contribution in [0.2, 0.25) is 0 Å². The summed E-state index contributed by atoms with van der Waals surface area (Å²) >= 11 is 0. The molecule has 0 aliphatic heterocycles. The summed E-state index contributed by atoms with van der Waals surface area (Å²) < 4.78 is 0. The van der Waals surface area contributed by atoms with Crippen molar-refractivity contribution >= 4 is 11.4 Å². The third-order valence-corrected chi connectivity index (χ3v) is 3.34. The molecule has 2 rings (SSSR count). The number of ketones is 1. The highest BCUT2D eigenvalue weighted by Gasteiger charge is 2.16. The van der Waals surface area contributed by atoms with Crippen molar-refractivity contribution < 1.29 is 4.79 Å². The Balaban J connectivity index is 2.49. The Morgan fingerprint density at radius 2 is 1.67 bits per heavy atom. The minimum atomic E-state index is 0.0624. The van der Waals surface area contributed by atoms with E-state index in [9.17, 15) is 4.79 Å². The number of aryl methyl sites for hydroxylation is 2. The first-order chi connectivity index (χ1) is 9.99. The highest BCUT2D eigenvalue weighted by molar-refractivity contribution is 6.29. The van der Waals surface area contributed by atoms with Gasteiger partial charge in [0.1, 0.15) is 0 Å². The predicted molar refractivity (Wildman–Crippen MR) is 88.4 cm³/mol. The lowest BCUT2D eigenvalue weighted by Crippen LogP contribution is -2.10. The highest BCUT2D eigenvalue weighted by Crippen LogP contribution is 2.22. The van der Waals surface area contributed by atoms with Crippen LogP contribution in [0.15, 0.2) is 54.7 Å². The van der Waals surface area contributed by atoms with E-state index < -0.39 is 0 Å². The second-order valence-corrected chi connectivity index (χ2v) is 5.52. The Bertz CT molecular complexity index is 669. The molecule has 21 heavy (non-hydrogen) atoms. The fourth-order valence-corrected chi connectivity index (χ4v) is 2.35. The zero-order valence-corrected chi connectivity index (χ0v) is 13.1. The summed E-state index contributed by atoms with van der Waals surface area (Å²) in [5.41, 5.74) is 4.60. The molecule has 0 saturated carbocycles. The summed E-state index contributed by atoms with van der Waals surface area (Å²) in [4.78, 5) is 14.8. The third kappa shape index (κ3) is 3.60. The second kappa shape index (κ2) is 6.40. The molecular weight excluding hydrogens is 258 g/mol. The van der Waals surface area contributed by atoms with Crippen LogP contribution < -0.4 is 0 Å². The van der Waals surface area contributed by atoms with Crippen molar-refractivity contribution in [3.05, 3.63) is 77.0 Å². The average molecular weight is 279 g/mol. The van der Waals surface area contributed by atoms with E-state index in [1.165, 1.54) is 5.56 Å². The molecule has 2 aromatic carbocycles. The Hall–Kier alpha value is -2.35. The number of nitrogens with zero attached hydrogens (tertiary/aromatic N) is 1. The van der Waals surface area contributed by atoms with E-state index in [4.69, 9.17) is 0 Å². The molecule has 0 atom stereocenters. The van der Waals surface area contributed by atoms with Crippen LogP contribution in [-0.4, -0.2) is 24.8 Å². The van der Waals surface area contributed by atoms with Gasteiger partial charge in [-0.2, -0.15) is 0 Å². The molecule has 0 radical (unpaired) electrons. The standard InChI is InChI=1S/C19H21NO/c1-14-10-11-17(15(2)12-14)19(21)18(13-20(3)4)16-8-6-5-7-9-16/h5-13H,1-4H3/b18-13+. The van der Waals surface area contributed by atoms with Gasteiger partial charge < -0.3 is 4.90 Å². The highest BCUT2D eigenvalue weighted by atomic mass is 16.1. The van der Waals surface area contributed by atoms with E-state index in [1.54, 1.807) is 0 Å². The maximum absolute atomic E-state index is 12.9. The molecule has 0 amide bonds. The monoisotopic (exact) mass is 279 g/mol. The average Bonchev–Trinajstić information content (AvgIpc) is 2.45. The normalized spacial score (nSPS) is 11.3. The van der Waals surface area contributed by atoms with Gasteiger partial charge in [-0.1, -0.05) is 54.1 Å². The molecule has 2 nitrogen and oxygen atoms in total. The zero-order chi connectivity index (χ0) is 15.4. The van der Waals surface area contributed by atoms with Gasteiger partial charge >= 0.3 is 0 Å². The van der Waals surface area contributed by atoms with Crippen molar-refractivity contribution in [3.8, 4) is 0 Å². The number of rotatable bonds is 4. The van der Waals surface area contributed by atoms with Crippen molar-refractivity contribution in [2.45, 2.75) is 13.8 Å². The third-order valence-electron chi connectivity index (χ3n) is 3.34. The lowest BCUT2D eigenvalue weighted by Gasteiger charge is -2.13. The SMILES string of the molecule is Cc1ccc(C(=O)/C(=C/N(C)C)c2ccccc2)c(C)c1. The smallest absolute Gasteiger partial charge is 0.195 e. The Morgan fingerprint density at radius 1 is 1.00 bits per heavy atom. The molecule has 108 valence electrons. The zero-order valence-electron chi connectivity index (χ0n) is 13.1. The molecule has 0 N–H and O–H groups in total. The Morgan fingerprint density at radius 3 is 2.24 bits per heavy atom. The van der Waals surface area contributed by atoms with Crippen LogP contribution in [0.5, 0.6) is 0 Å². The van der Waals surface area contributed by atoms with Crippen LogP contribution in [0.1, 0.15) is 27.0 Å². The van der Waals surface area contributed by atoms with Gasteiger partial charge in [-0.3, -0.25) is 4.79 Å². The van der Waals surface area contributed by atoms with Crippen LogP contribution in [0.4, 0.5) is 0 Å². The quantitative estimate of drug-likeness (QED) is 0.620. The number of Topliss-reactive ketones (excluding diaryl/α,β-unsaturated/α-hetero) is 1. The van der Waals surface area contributed by atoms with E-state index in [1.807, 2.05) is 87.6 Å². The van der Waals surface area contributed by atoms with Crippen molar-refractivity contribution in [3.63, 3.8) is 0 Å². The van der Waals surface area contributed by atoms with Crippen molar-refractivity contribution in [1.29, 1.82) is 0 Å². The molecule has 0 aromatic heterocycles. The van der Waals surface area contributed by atoms with Crippen LogP contribution in [0.25, 0.3) is 5.57 Å². The van der Waals surface area contributed by atoms with Gasteiger partial charge in [-0.25, -0.2) is 0 Å². The number of hydrogen-bond donors (Lipinski definition) is 0. The molecular formula is C19H21NO. The van der Waals surface area contributed by atoms with Crippen molar-refractivity contribution in [1.82, 2.24) is 4.90 Å². The lowest BCUT2D eigenvalue weighted by atomic mass is 9.94. The van der Waals surface area contributed by atoms with Gasteiger partial charge in [-0.05, 0) is 25.0 Å². The van der Waals surface area contributed by atoms with Gasteiger partial charge in [0.25, 0.3) is 0 Å².